The Kier molecular flexibility index (Phi) is 1.67. The van der Waals surface area contributed by atoms with Crippen molar-refractivity contribution in [1.82, 2.24) is 4.90 Å². The molecule has 0 saturated carbocycles. The number of piperidine rings is 1. The molecule has 0 bridgehead atoms. The van der Waals surface area contributed by atoms with Crippen LogP contribution in [0.4, 0.5) is 0 Å². The number of hydrogen-bond donors (Lipinski definition) is 0. The molecule has 4 nitrogen and oxygen atoms in total. The average molecular weight is 197 g/mol. The van der Waals surface area contributed by atoms with Crippen LogP contribution >= 0.6 is 0 Å². The zero-order chi connectivity index (χ0) is 9.76. The van der Waals surface area contributed by atoms with Gasteiger partial charge in [-0.05, 0) is 6.42 Å². The molecule has 0 aromatic carbocycles. The van der Waals surface area contributed by atoms with Crippen molar-refractivity contribution in [2.45, 2.75) is 37.6 Å². The van der Waals surface area contributed by atoms with Crippen LogP contribution in [0.15, 0.2) is 0 Å². The quantitative estimate of drug-likeness (QED) is 0.593. The summed E-state index contributed by atoms with van der Waals surface area (Å²) in [4.78, 5) is 13.0. The van der Waals surface area contributed by atoms with E-state index in [1.807, 2.05) is 4.90 Å². The minimum atomic E-state index is 0.0765. The summed E-state index contributed by atoms with van der Waals surface area (Å²) in [5.74, 6) is 0.164. The molecule has 3 atom stereocenters. The van der Waals surface area contributed by atoms with Gasteiger partial charge in [0.1, 0.15) is 11.7 Å². The van der Waals surface area contributed by atoms with Crippen molar-refractivity contribution >= 4 is 5.91 Å². The minimum Gasteiger partial charge on any atom is -0.373 e. The summed E-state index contributed by atoms with van der Waals surface area (Å²) in [6.45, 7) is 4.15. The Morgan fingerprint density at radius 2 is 2.43 bits per heavy atom. The molecular weight excluding hydrogens is 182 g/mol. The minimum absolute atomic E-state index is 0.0765. The summed E-state index contributed by atoms with van der Waals surface area (Å²) >= 11 is 0. The molecule has 3 rings (SSSR count). The molecule has 3 heterocycles. The van der Waals surface area contributed by atoms with E-state index in [9.17, 15) is 4.79 Å². The first-order valence-corrected chi connectivity index (χ1v) is 5.24. The molecule has 0 aliphatic carbocycles. The zero-order valence-electron chi connectivity index (χ0n) is 8.36. The van der Waals surface area contributed by atoms with E-state index in [0.717, 1.165) is 32.5 Å². The van der Waals surface area contributed by atoms with Gasteiger partial charge in [0.2, 0.25) is 5.91 Å². The Balaban J connectivity index is 1.60. The molecule has 1 amide bonds. The maximum atomic E-state index is 11.1. The summed E-state index contributed by atoms with van der Waals surface area (Å²) < 4.78 is 10.9. The molecule has 3 aliphatic heterocycles. The molecule has 4 heteroatoms. The third-order valence-electron chi connectivity index (χ3n) is 3.52. The van der Waals surface area contributed by atoms with Crippen molar-refractivity contribution in [1.29, 1.82) is 0 Å². The largest absolute Gasteiger partial charge is 0.373 e. The fourth-order valence-electron chi connectivity index (χ4n) is 2.43. The van der Waals surface area contributed by atoms with Crippen molar-refractivity contribution in [2.75, 3.05) is 19.7 Å². The number of epoxide rings is 2. The Labute approximate surface area is 83.2 Å². The highest BCUT2D eigenvalue weighted by molar-refractivity contribution is 5.73. The van der Waals surface area contributed by atoms with E-state index in [1.54, 1.807) is 6.92 Å². The van der Waals surface area contributed by atoms with Crippen LogP contribution in [0.3, 0.4) is 0 Å². The molecule has 3 aliphatic rings. The van der Waals surface area contributed by atoms with E-state index < -0.39 is 0 Å². The molecule has 0 aromatic rings. The topological polar surface area (TPSA) is 45.4 Å². The van der Waals surface area contributed by atoms with E-state index >= 15 is 0 Å². The number of amides is 1. The lowest BCUT2D eigenvalue weighted by Crippen LogP contribution is -2.42. The predicted octanol–water partition coefficient (Wildman–Crippen LogP) is 0.165. The second kappa shape index (κ2) is 2.70. The highest BCUT2D eigenvalue weighted by Gasteiger charge is 2.60. The van der Waals surface area contributed by atoms with Gasteiger partial charge in [-0.15, -0.1) is 0 Å². The summed E-state index contributed by atoms with van der Waals surface area (Å²) in [7, 11) is 0. The SMILES string of the molecule is CC(=O)N1CCC2(CC3CO3)OC2C1. The second-order valence-electron chi connectivity index (χ2n) is 4.55. The van der Waals surface area contributed by atoms with E-state index in [1.165, 1.54) is 0 Å². The van der Waals surface area contributed by atoms with Crippen molar-refractivity contribution in [3.05, 3.63) is 0 Å². The second-order valence-corrected chi connectivity index (χ2v) is 4.55. The van der Waals surface area contributed by atoms with Crippen molar-refractivity contribution < 1.29 is 14.3 Å². The summed E-state index contributed by atoms with van der Waals surface area (Å²) in [5, 5.41) is 0. The van der Waals surface area contributed by atoms with Gasteiger partial charge in [-0.2, -0.15) is 0 Å². The summed E-state index contributed by atoms with van der Waals surface area (Å²) in [6.07, 6.45) is 2.73. The van der Waals surface area contributed by atoms with E-state index in [4.69, 9.17) is 9.47 Å². The van der Waals surface area contributed by atoms with Crippen LogP contribution in [0.2, 0.25) is 0 Å². The average Bonchev–Trinajstić information content (AvgIpc) is 2.99. The van der Waals surface area contributed by atoms with Crippen molar-refractivity contribution in [3.8, 4) is 0 Å². The first kappa shape index (κ1) is 8.68. The maximum Gasteiger partial charge on any atom is 0.219 e. The third kappa shape index (κ3) is 1.33. The number of carbonyl (C=O) groups excluding carboxylic acids is 1. The third-order valence-corrected chi connectivity index (χ3v) is 3.52. The van der Waals surface area contributed by atoms with Crippen LogP contribution in [0.1, 0.15) is 19.8 Å². The molecule has 3 saturated heterocycles. The molecular formula is C10H15NO3. The summed E-state index contributed by atoms with van der Waals surface area (Å²) in [6, 6.07) is 0. The van der Waals surface area contributed by atoms with Crippen molar-refractivity contribution in [2.24, 2.45) is 0 Å². The number of ether oxygens (including phenoxy) is 2. The van der Waals surface area contributed by atoms with Crippen LogP contribution < -0.4 is 0 Å². The van der Waals surface area contributed by atoms with Gasteiger partial charge in [0.15, 0.2) is 0 Å². The monoisotopic (exact) mass is 197 g/mol. The van der Waals surface area contributed by atoms with E-state index in [0.29, 0.717) is 6.10 Å². The number of fused-ring (bicyclic) bond motifs is 1. The predicted molar refractivity (Wildman–Crippen MR) is 48.8 cm³/mol. The lowest BCUT2D eigenvalue weighted by Gasteiger charge is -2.27. The Morgan fingerprint density at radius 1 is 1.64 bits per heavy atom. The number of carbonyl (C=O) groups is 1. The normalized spacial score (nSPS) is 44.5. The van der Waals surface area contributed by atoms with Gasteiger partial charge in [-0.1, -0.05) is 0 Å². The standard InChI is InChI=1S/C10H15NO3/c1-7(12)11-3-2-10(4-8-6-13-8)9(5-11)14-10/h8-9H,2-6H2,1H3. The zero-order valence-corrected chi connectivity index (χ0v) is 8.36. The van der Waals surface area contributed by atoms with Crippen LogP contribution in [0, 0.1) is 0 Å². The lowest BCUT2D eigenvalue weighted by molar-refractivity contribution is -0.129. The molecule has 0 spiro atoms. The number of nitrogens with zero attached hydrogens (tertiary/aromatic N) is 1. The van der Waals surface area contributed by atoms with E-state index in [-0.39, 0.29) is 17.6 Å². The summed E-state index contributed by atoms with van der Waals surface area (Å²) in [5.41, 5.74) is 0.0765. The first-order valence-electron chi connectivity index (χ1n) is 5.24. The highest BCUT2D eigenvalue weighted by Crippen LogP contribution is 2.48. The fourth-order valence-corrected chi connectivity index (χ4v) is 2.43. The molecule has 0 radical (unpaired) electrons. The molecule has 0 N–H and O–H groups in total. The maximum absolute atomic E-state index is 11.1. The van der Waals surface area contributed by atoms with Gasteiger partial charge in [0.25, 0.3) is 0 Å². The fraction of sp³-hybridized carbons (Fsp3) is 0.900. The van der Waals surface area contributed by atoms with Gasteiger partial charge >= 0.3 is 0 Å². The van der Waals surface area contributed by atoms with Crippen molar-refractivity contribution in [3.63, 3.8) is 0 Å². The van der Waals surface area contributed by atoms with Gasteiger partial charge < -0.3 is 14.4 Å². The van der Waals surface area contributed by atoms with Gasteiger partial charge in [-0.3, -0.25) is 4.79 Å². The van der Waals surface area contributed by atoms with E-state index in [2.05, 4.69) is 0 Å². The molecule has 14 heavy (non-hydrogen) atoms. The lowest BCUT2D eigenvalue weighted by atomic mass is 9.92. The highest BCUT2D eigenvalue weighted by atomic mass is 16.6. The van der Waals surface area contributed by atoms with Crippen LogP contribution in [-0.4, -0.2) is 48.3 Å². The molecule has 3 unspecified atom stereocenters. The Morgan fingerprint density at radius 3 is 3.00 bits per heavy atom. The molecule has 3 fully saturated rings. The van der Waals surface area contributed by atoms with Gasteiger partial charge in [-0.25, -0.2) is 0 Å². The number of likely N-dealkylation sites (tertiary alicyclic amines) is 1. The van der Waals surface area contributed by atoms with Crippen LogP contribution in [0.5, 0.6) is 0 Å². The Bertz CT molecular complexity index is 277. The Hall–Kier alpha value is -0.610. The van der Waals surface area contributed by atoms with Gasteiger partial charge in [0.05, 0.1) is 12.7 Å². The number of hydrogen-bond acceptors (Lipinski definition) is 3. The van der Waals surface area contributed by atoms with Crippen LogP contribution in [-0.2, 0) is 14.3 Å². The molecule has 0 aromatic heterocycles. The van der Waals surface area contributed by atoms with Gasteiger partial charge in [0, 0.05) is 26.4 Å². The number of rotatable bonds is 2. The van der Waals surface area contributed by atoms with Crippen LogP contribution in [0.25, 0.3) is 0 Å². The first-order chi connectivity index (χ1) is 6.70. The molecule has 78 valence electrons. The smallest absolute Gasteiger partial charge is 0.219 e.